The highest BCUT2D eigenvalue weighted by Gasteiger charge is 2.55. The van der Waals surface area contributed by atoms with Gasteiger partial charge in [0.2, 0.25) is 0 Å². The molecule has 1 heteroatoms. The highest BCUT2D eigenvalue weighted by atomic mass is 16.1. The van der Waals surface area contributed by atoms with E-state index in [1.54, 1.807) is 0 Å². The van der Waals surface area contributed by atoms with Crippen molar-refractivity contribution in [2.75, 3.05) is 0 Å². The van der Waals surface area contributed by atoms with Crippen molar-refractivity contribution >= 4 is 16.6 Å². The zero-order valence-corrected chi connectivity index (χ0v) is 15.2. The molecule has 2 bridgehead atoms. The molecule has 1 fully saturated rings. The average Bonchev–Trinajstić information content (AvgIpc) is 3.25. The third-order valence-electron chi connectivity index (χ3n) is 7.27. The molecule has 4 atom stereocenters. The standard InChI is InChI=1S/C24H26O/c1-3-15(2)20-6-4-5-17-12-18-8-10-23(25)24(22(18)13-21(17)20)14-16-7-9-19(24)11-16/h4-7,9,12-13,15-16,19H,3,8,10-11,14H2,1-2H3. The van der Waals surface area contributed by atoms with Crippen LogP contribution in [0.25, 0.3) is 10.8 Å². The summed E-state index contributed by atoms with van der Waals surface area (Å²) in [6, 6.07) is 11.5. The molecule has 4 unspecified atom stereocenters. The van der Waals surface area contributed by atoms with Crippen LogP contribution >= 0.6 is 0 Å². The zero-order chi connectivity index (χ0) is 17.2. The van der Waals surface area contributed by atoms with Gasteiger partial charge >= 0.3 is 0 Å². The number of allylic oxidation sites excluding steroid dienone is 2. The van der Waals surface area contributed by atoms with E-state index in [1.807, 2.05) is 0 Å². The molecular weight excluding hydrogens is 304 g/mol. The first-order valence-corrected chi connectivity index (χ1v) is 9.91. The lowest BCUT2D eigenvalue weighted by Gasteiger charge is -2.40. The van der Waals surface area contributed by atoms with Gasteiger partial charge in [0.05, 0.1) is 5.41 Å². The Balaban J connectivity index is 1.78. The highest BCUT2D eigenvalue weighted by molar-refractivity contribution is 5.97. The molecule has 2 aromatic carbocycles. The lowest BCUT2D eigenvalue weighted by atomic mass is 9.62. The second-order valence-electron chi connectivity index (χ2n) is 8.47. The highest BCUT2D eigenvalue weighted by Crippen LogP contribution is 2.57. The van der Waals surface area contributed by atoms with Crippen molar-refractivity contribution < 1.29 is 4.79 Å². The van der Waals surface area contributed by atoms with Crippen molar-refractivity contribution in [3.8, 4) is 0 Å². The average molecular weight is 330 g/mol. The SMILES string of the molecule is CCC(C)c1cccc2cc3c(cc12)C1(CC2C=CC1C2)C(=O)CC3. The summed E-state index contributed by atoms with van der Waals surface area (Å²) in [5, 5.41) is 2.72. The zero-order valence-electron chi connectivity index (χ0n) is 15.2. The Morgan fingerprint density at radius 3 is 2.80 bits per heavy atom. The molecule has 5 rings (SSSR count). The van der Waals surface area contributed by atoms with Crippen LogP contribution in [0.1, 0.15) is 62.1 Å². The van der Waals surface area contributed by atoms with E-state index in [0.717, 1.165) is 25.7 Å². The van der Waals surface area contributed by atoms with E-state index in [1.165, 1.54) is 33.9 Å². The van der Waals surface area contributed by atoms with Crippen molar-refractivity contribution in [3.63, 3.8) is 0 Å². The second kappa shape index (κ2) is 5.30. The van der Waals surface area contributed by atoms with Gasteiger partial charge in [-0.3, -0.25) is 4.79 Å². The van der Waals surface area contributed by atoms with Gasteiger partial charge in [-0.05, 0) is 77.0 Å². The number of ketones is 1. The monoisotopic (exact) mass is 330 g/mol. The molecule has 3 aliphatic rings. The van der Waals surface area contributed by atoms with Gasteiger partial charge in [-0.1, -0.05) is 50.3 Å². The first kappa shape index (κ1) is 15.4. The van der Waals surface area contributed by atoms with Crippen molar-refractivity contribution in [1.29, 1.82) is 0 Å². The number of hydrogen-bond donors (Lipinski definition) is 0. The van der Waals surface area contributed by atoms with Crippen LogP contribution < -0.4 is 0 Å². The molecule has 0 saturated heterocycles. The van der Waals surface area contributed by atoms with Gasteiger partial charge in [0, 0.05) is 6.42 Å². The predicted molar refractivity (Wildman–Crippen MR) is 103 cm³/mol. The largest absolute Gasteiger partial charge is 0.299 e. The van der Waals surface area contributed by atoms with Crippen molar-refractivity contribution in [2.24, 2.45) is 11.8 Å². The van der Waals surface area contributed by atoms with Gasteiger partial charge in [-0.15, -0.1) is 0 Å². The number of hydrogen-bond acceptors (Lipinski definition) is 1. The molecule has 2 aromatic rings. The number of carbonyl (C=O) groups excluding carboxylic acids is 1. The molecule has 128 valence electrons. The van der Waals surface area contributed by atoms with Gasteiger partial charge < -0.3 is 0 Å². The number of fused-ring (bicyclic) bond motifs is 6. The van der Waals surface area contributed by atoms with Gasteiger partial charge in [-0.2, -0.15) is 0 Å². The minimum atomic E-state index is -0.218. The molecule has 3 aliphatic carbocycles. The molecule has 0 radical (unpaired) electrons. The van der Waals surface area contributed by atoms with E-state index in [0.29, 0.717) is 23.5 Å². The van der Waals surface area contributed by atoms with E-state index in [-0.39, 0.29) is 5.41 Å². The molecule has 25 heavy (non-hydrogen) atoms. The molecule has 1 nitrogen and oxygen atoms in total. The third kappa shape index (κ3) is 1.99. The van der Waals surface area contributed by atoms with Crippen LogP contribution in [0.4, 0.5) is 0 Å². The fourth-order valence-electron chi connectivity index (χ4n) is 5.78. The molecule has 0 heterocycles. The van der Waals surface area contributed by atoms with Crippen LogP contribution in [0.3, 0.4) is 0 Å². The van der Waals surface area contributed by atoms with Crippen LogP contribution in [-0.4, -0.2) is 5.78 Å². The summed E-state index contributed by atoms with van der Waals surface area (Å²) in [6.45, 7) is 4.57. The Labute approximate surface area is 150 Å². The lowest BCUT2D eigenvalue weighted by Crippen LogP contribution is -2.43. The maximum atomic E-state index is 13.1. The molecule has 1 saturated carbocycles. The molecule has 0 aromatic heterocycles. The third-order valence-corrected chi connectivity index (χ3v) is 7.27. The van der Waals surface area contributed by atoms with E-state index < -0.39 is 0 Å². The van der Waals surface area contributed by atoms with Gasteiger partial charge in [-0.25, -0.2) is 0 Å². The normalized spacial score (nSPS) is 31.0. The van der Waals surface area contributed by atoms with Gasteiger partial charge in [0.1, 0.15) is 5.78 Å². The first-order valence-electron chi connectivity index (χ1n) is 9.91. The summed E-state index contributed by atoms with van der Waals surface area (Å²) >= 11 is 0. The van der Waals surface area contributed by atoms with Crippen molar-refractivity contribution in [3.05, 3.63) is 59.2 Å². The van der Waals surface area contributed by atoms with Crippen LogP contribution in [-0.2, 0) is 16.6 Å². The lowest BCUT2D eigenvalue weighted by molar-refractivity contribution is -0.126. The van der Waals surface area contributed by atoms with E-state index in [4.69, 9.17) is 0 Å². The van der Waals surface area contributed by atoms with Crippen molar-refractivity contribution in [1.82, 2.24) is 0 Å². The van der Waals surface area contributed by atoms with Crippen molar-refractivity contribution in [2.45, 2.75) is 57.3 Å². The summed E-state index contributed by atoms with van der Waals surface area (Å²) in [4.78, 5) is 13.1. The summed E-state index contributed by atoms with van der Waals surface area (Å²) in [5.41, 5.74) is 4.01. The minimum Gasteiger partial charge on any atom is -0.299 e. The maximum Gasteiger partial charge on any atom is 0.144 e. The van der Waals surface area contributed by atoms with E-state index in [9.17, 15) is 4.79 Å². The fourth-order valence-corrected chi connectivity index (χ4v) is 5.78. The number of carbonyl (C=O) groups is 1. The quantitative estimate of drug-likeness (QED) is 0.645. The number of Topliss-reactive ketones (excluding diaryl/α,β-unsaturated/α-hetero) is 1. The smallest absolute Gasteiger partial charge is 0.144 e. The van der Waals surface area contributed by atoms with E-state index >= 15 is 0 Å². The Morgan fingerprint density at radius 2 is 2.08 bits per heavy atom. The molecule has 0 N–H and O–H groups in total. The topological polar surface area (TPSA) is 17.1 Å². The van der Waals surface area contributed by atoms with Crippen LogP contribution in [0.15, 0.2) is 42.5 Å². The van der Waals surface area contributed by atoms with Gasteiger partial charge in [0.25, 0.3) is 0 Å². The van der Waals surface area contributed by atoms with Gasteiger partial charge in [0.15, 0.2) is 0 Å². The number of rotatable bonds is 2. The number of aryl methyl sites for hydroxylation is 1. The Morgan fingerprint density at radius 1 is 1.20 bits per heavy atom. The summed E-state index contributed by atoms with van der Waals surface area (Å²) in [7, 11) is 0. The summed E-state index contributed by atoms with van der Waals surface area (Å²) in [5.74, 6) is 2.09. The van der Waals surface area contributed by atoms with Crippen LogP contribution in [0.5, 0.6) is 0 Å². The van der Waals surface area contributed by atoms with Crippen LogP contribution in [0.2, 0.25) is 0 Å². The second-order valence-corrected chi connectivity index (χ2v) is 8.47. The molecule has 0 amide bonds. The molecular formula is C24H26O. The Kier molecular flexibility index (Phi) is 3.26. The summed E-state index contributed by atoms with van der Waals surface area (Å²) in [6.07, 6.45) is 9.69. The predicted octanol–water partition coefficient (Wildman–Crippen LogP) is 5.70. The summed E-state index contributed by atoms with van der Waals surface area (Å²) < 4.78 is 0. The first-order chi connectivity index (χ1) is 12.1. The fraction of sp³-hybridized carbons (Fsp3) is 0.458. The number of benzene rings is 2. The molecule has 0 aliphatic heterocycles. The van der Waals surface area contributed by atoms with E-state index in [2.05, 4.69) is 56.3 Å². The molecule has 1 spiro atoms. The van der Waals surface area contributed by atoms with Crippen LogP contribution in [0, 0.1) is 11.8 Å². The minimum absolute atomic E-state index is 0.218. The maximum absolute atomic E-state index is 13.1. The Hall–Kier alpha value is -1.89. The Bertz CT molecular complexity index is 906.